The second-order valence-corrected chi connectivity index (χ2v) is 6.10. The van der Waals surface area contributed by atoms with Gasteiger partial charge in [0, 0.05) is 3.57 Å². The number of ether oxygens (including phenoxy) is 1. The molecule has 0 amide bonds. The maximum Gasteiger partial charge on any atom is 0.417 e. The maximum absolute atomic E-state index is 13.2. The number of alkyl halides is 6. The molecule has 0 unspecified atom stereocenters. The zero-order valence-electron chi connectivity index (χ0n) is 12.4. The van der Waals surface area contributed by atoms with E-state index in [0.29, 0.717) is 9.64 Å². The van der Waals surface area contributed by atoms with Crippen LogP contribution in [0.2, 0.25) is 0 Å². The first kappa shape index (κ1) is 19.5. The van der Waals surface area contributed by atoms with Crippen LogP contribution < -0.4 is 0 Å². The highest BCUT2D eigenvalue weighted by molar-refractivity contribution is 14.1. The van der Waals surface area contributed by atoms with E-state index in [9.17, 15) is 31.1 Å². The molecule has 0 aliphatic rings. The van der Waals surface area contributed by atoms with Crippen LogP contribution in [0.25, 0.3) is 11.1 Å². The molecule has 0 saturated carbocycles. The lowest BCUT2D eigenvalue weighted by Crippen LogP contribution is -2.12. The largest absolute Gasteiger partial charge is 0.465 e. The summed E-state index contributed by atoms with van der Waals surface area (Å²) in [5, 5.41) is 0. The Kier molecular flexibility index (Phi) is 5.35. The summed E-state index contributed by atoms with van der Waals surface area (Å²) >= 11 is 1.80. The van der Waals surface area contributed by atoms with Crippen molar-refractivity contribution >= 4 is 28.6 Å². The van der Waals surface area contributed by atoms with Crippen LogP contribution in [-0.2, 0) is 17.1 Å². The summed E-state index contributed by atoms with van der Waals surface area (Å²) in [6, 6.07) is 5.22. The van der Waals surface area contributed by atoms with Gasteiger partial charge in [0.1, 0.15) is 0 Å². The van der Waals surface area contributed by atoms with Crippen LogP contribution in [0.3, 0.4) is 0 Å². The average Bonchev–Trinajstić information content (AvgIpc) is 2.52. The van der Waals surface area contributed by atoms with Gasteiger partial charge in [-0.25, -0.2) is 4.79 Å². The highest BCUT2D eigenvalue weighted by Gasteiger charge is 2.38. The molecule has 0 atom stereocenters. The van der Waals surface area contributed by atoms with E-state index in [4.69, 9.17) is 0 Å². The Labute approximate surface area is 151 Å². The van der Waals surface area contributed by atoms with Gasteiger partial charge in [0.15, 0.2) is 0 Å². The van der Waals surface area contributed by atoms with Crippen molar-refractivity contribution in [2.45, 2.75) is 12.4 Å². The number of esters is 1. The molecule has 0 saturated heterocycles. The normalized spacial score (nSPS) is 12.2. The number of hydrogen-bond donors (Lipinski definition) is 0. The fraction of sp³-hybridized carbons (Fsp3) is 0.188. The van der Waals surface area contributed by atoms with Gasteiger partial charge >= 0.3 is 18.3 Å². The molecule has 9 heteroatoms. The summed E-state index contributed by atoms with van der Waals surface area (Å²) in [5.74, 6) is -0.758. The molecule has 134 valence electrons. The van der Waals surface area contributed by atoms with Crippen LogP contribution in [0, 0.1) is 3.57 Å². The van der Waals surface area contributed by atoms with Gasteiger partial charge < -0.3 is 4.74 Å². The molecule has 0 N–H and O–H groups in total. The third kappa shape index (κ3) is 4.25. The van der Waals surface area contributed by atoms with Gasteiger partial charge in [-0.2, -0.15) is 26.3 Å². The van der Waals surface area contributed by atoms with Crippen LogP contribution >= 0.6 is 22.6 Å². The van der Waals surface area contributed by atoms with Gasteiger partial charge in [-0.05, 0) is 58.0 Å². The molecule has 25 heavy (non-hydrogen) atoms. The van der Waals surface area contributed by atoms with E-state index >= 15 is 0 Å². The zero-order valence-corrected chi connectivity index (χ0v) is 14.6. The van der Waals surface area contributed by atoms with Crippen molar-refractivity contribution in [3.8, 4) is 11.1 Å². The molecular formula is C16H9F6IO2. The van der Waals surface area contributed by atoms with E-state index in [0.717, 1.165) is 19.2 Å². The Hall–Kier alpha value is -1.78. The van der Waals surface area contributed by atoms with Crippen molar-refractivity contribution < 1.29 is 35.9 Å². The summed E-state index contributed by atoms with van der Waals surface area (Å²) in [6.07, 6.45) is -9.90. The summed E-state index contributed by atoms with van der Waals surface area (Å²) in [6.45, 7) is 0. The van der Waals surface area contributed by atoms with Gasteiger partial charge in [-0.1, -0.05) is 12.1 Å². The Bertz CT molecular complexity index is 811. The Morgan fingerprint density at radius 3 is 2.12 bits per heavy atom. The minimum atomic E-state index is -5.00. The second-order valence-electron chi connectivity index (χ2n) is 4.94. The minimum absolute atomic E-state index is 0.0219. The Morgan fingerprint density at radius 2 is 1.60 bits per heavy atom. The first-order valence-electron chi connectivity index (χ1n) is 6.62. The lowest BCUT2D eigenvalue weighted by atomic mass is 9.95. The molecule has 2 nitrogen and oxygen atoms in total. The number of carbonyl (C=O) groups excluding carboxylic acids is 1. The highest BCUT2D eigenvalue weighted by Crippen LogP contribution is 2.41. The predicted octanol–water partition coefficient (Wildman–Crippen LogP) is 5.78. The number of methoxy groups -OCH3 is 1. The van der Waals surface area contributed by atoms with Gasteiger partial charge in [0.05, 0.1) is 23.8 Å². The first-order valence-corrected chi connectivity index (χ1v) is 7.69. The molecule has 0 aromatic heterocycles. The molecule has 0 radical (unpaired) electrons. The standard InChI is InChI=1S/C16H9F6IO2/c1-25-14(24)11-6-8(2-5-13(11)23)10-4-3-9(15(17,18)19)7-12(10)16(20,21)22/h2-7H,1H3. The molecule has 0 aliphatic carbocycles. The number of rotatable bonds is 2. The van der Waals surface area contributed by atoms with Crippen LogP contribution in [0.1, 0.15) is 21.5 Å². The van der Waals surface area contributed by atoms with E-state index in [-0.39, 0.29) is 17.2 Å². The number of benzene rings is 2. The zero-order chi connectivity index (χ0) is 19.0. The number of halogens is 7. The SMILES string of the molecule is COC(=O)c1cc(-c2ccc(C(F)(F)F)cc2C(F)(F)F)ccc1I. The van der Waals surface area contributed by atoms with Crippen molar-refractivity contribution in [2.75, 3.05) is 7.11 Å². The van der Waals surface area contributed by atoms with Crippen molar-refractivity contribution in [2.24, 2.45) is 0 Å². The van der Waals surface area contributed by atoms with E-state index in [2.05, 4.69) is 4.74 Å². The Balaban J connectivity index is 2.69. The molecule has 2 rings (SSSR count). The van der Waals surface area contributed by atoms with Crippen LogP contribution in [-0.4, -0.2) is 13.1 Å². The molecule has 0 heterocycles. The monoisotopic (exact) mass is 474 g/mol. The third-order valence-electron chi connectivity index (χ3n) is 3.33. The topological polar surface area (TPSA) is 26.3 Å². The third-order valence-corrected chi connectivity index (χ3v) is 4.28. The first-order chi connectivity index (χ1) is 11.4. The Morgan fingerprint density at radius 1 is 0.960 bits per heavy atom. The van der Waals surface area contributed by atoms with E-state index in [1.54, 1.807) is 22.6 Å². The summed E-state index contributed by atoms with van der Waals surface area (Å²) in [5.41, 5.74) is -3.31. The smallest absolute Gasteiger partial charge is 0.417 e. The van der Waals surface area contributed by atoms with Gasteiger partial charge in [0.25, 0.3) is 0 Å². The summed E-state index contributed by atoms with van der Waals surface area (Å²) in [7, 11) is 1.12. The average molecular weight is 474 g/mol. The predicted molar refractivity (Wildman–Crippen MR) is 85.9 cm³/mol. The van der Waals surface area contributed by atoms with Crippen LogP contribution in [0.4, 0.5) is 26.3 Å². The van der Waals surface area contributed by atoms with Crippen LogP contribution in [0.15, 0.2) is 36.4 Å². The van der Waals surface area contributed by atoms with Gasteiger partial charge in [-0.15, -0.1) is 0 Å². The minimum Gasteiger partial charge on any atom is -0.465 e. The van der Waals surface area contributed by atoms with E-state index < -0.39 is 35.0 Å². The molecule has 0 aliphatic heterocycles. The van der Waals surface area contributed by atoms with Crippen LogP contribution in [0.5, 0.6) is 0 Å². The van der Waals surface area contributed by atoms with Crippen molar-refractivity contribution in [3.63, 3.8) is 0 Å². The fourth-order valence-corrected chi connectivity index (χ4v) is 2.72. The maximum atomic E-state index is 13.2. The summed E-state index contributed by atoms with van der Waals surface area (Å²) in [4.78, 5) is 11.7. The quantitative estimate of drug-likeness (QED) is 0.314. The van der Waals surface area contributed by atoms with E-state index in [1.165, 1.54) is 12.1 Å². The molecule has 0 fully saturated rings. The van der Waals surface area contributed by atoms with E-state index in [1.807, 2.05) is 0 Å². The van der Waals surface area contributed by atoms with Crippen molar-refractivity contribution in [1.82, 2.24) is 0 Å². The number of carbonyl (C=O) groups is 1. The fourth-order valence-electron chi connectivity index (χ4n) is 2.17. The lowest BCUT2D eigenvalue weighted by Gasteiger charge is -2.16. The highest BCUT2D eigenvalue weighted by atomic mass is 127. The molecule has 0 spiro atoms. The second kappa shape index (κ2) is 6.85. The molecule has 2 aromatic rings. The van der Waals surface area contributed by atoms with Gasteiger partial charge in [0.2, 0.25) is 0 Å². The number of hydrogen-bond acceptors (Lipinski definition) is 2. The molecule has 0 bridgehead atoms. The van der Waals surface area contributed by atoms with Gasteiger partial charge in [-0.3, -0.25) is 0 Å². The molecular weight excluding hydrogens is 465 g/mol. The van der Waals surface area contributed by atoms with Crippen molar-refractivity contribution in [1.29, 1.82) is 0 Å². The van der Waals surface area contributed by atoms with Crippen molar-refractivity contribution in [3.05, 3.63) is 56.7 Å². The lowest BCUT2D eigenvalue weighted by molar-refractivity contribution is -0.142. The molecule has 2 aromatic carbocycles. The summed E-state index contributed by atoms with van der Waals surface area (Å²) < 4.78 is 82.9.